The van der Waals surface area contributed by atoms with Crippen LogP contribution in [-0.4, -0.2) is 19.7 Å². The zero-order valence-electron chi connectivity index (χ0n) is 8.25. The van der Waals surface area contributed by atoms with E-state index in [4.69, 9.17) is 0 Å². The summed E-state index contributed by atoms with van der Waals surface area (Å²) in [5.41, 5.74) is 0.888. The fourth-order valence-corrected chi connectivity index (χ4v) is 1.17. The van der Waals surface area contributed by atoms with Crippen LogP contribution in [0.25, 0.3) is 5.69 Å². The Bertz CT molecular complexity index is 389. The van der Waals surface area contributed by atoms with Crippen molar-refractivity contribution in [2.75, 3.05) is 0 Å². The van der Waals surface area contributed by atoms with Crippen LogP contribution >= 0.6 is 0 Å². The molecule has 0 N–H and O–H groups in total. The smallest absolute Gasteiger partial charge is 0.130 e. The van der Waals surface area contributed by atoms with E-state index < -0.39 is 0 Å². The van der Waals surface area contributed by atoms with Crippen molar-refractivity contribution in [2.24, 2.45) is 0 Å². The van der Waals surface area contributed by atoms with E-state index >= 15 is 0 Å². The van der Waals surface area contributed by atoms with Crippen molar-refractivity contribution in [1.82, 2.24) is 19.7 Å². The molecule has 0 saturated heterocycles. The quantitative estimate of drug-likeness (QED) is 0.721. The molecule has 2 aromatic rings. The SMILES string of the molecule is CC(C)c1ncc(-n2cccn2)cn1. The normalized spacial score (nSPS) is 10.8. The molecule has 0 aliphatic rings. The van der Waals surface area contributed by atoms with Crippen LogP contribution in [0.1, 0.15) is 25.6 Å². The summed E-state index contributed by atoms with van der Waals surface area (Å²) in [6.07, 6.45) is 7.18. The van der Waals surface area contributed by atoms with Gasteiger partial charge in [-0.15, -0.1) is 0 Å². The van der Waals surface area contributed by atoms with Gasteiger partial charge >= 0.3 is 0 Å². The van der Waals surface area contributed by atoms with Gasteiger partial charge in [0.1, 0.15) is 11.5 Å². The van der Waals surface area contributed by atoms with Gasteiger partial charge in [-0.3, -0.25) is 0 Å². The molecule has 14 heavy (non-hydrogen) atoms. The highest BCUT2D eigenvalue weighted by Crippen LogP contribution is 2.09. The third-order valence-corrected chi connectivity index (χ3v) is 1.94. The lowest BCUT2D eigenvalue weighted by Crippen LogP contribution is -2.01. The average molecular weight is 188 g/mol. The molecule has 0 unspecified atom stereocenters. The van der Waals surface area contributed by atoms with Crippen molar-refractivity contribution in [3.63, 3.8) is 0 Å². The van der Waals surface area contributed by atoms with Gasteiger partial charge in [0.2, 0.25) is 0 Å². The molecule has 4 heteroatoms. The molecule has 0 atom stereocenters. The Balaban J connectivity index is 2.31. The Kier molecular flexibility index (Phi) is 2.26. The number of nitrogens with zero attached hydrogens (tertiary/aromatic N) is 4. The van der Waals surface area contributed by atoms with Crippen molar-refractivity contribution in [2.45, 2.75) is 19.8 Å². The number of aromatic nitrogens is 4. The molecule has 0 amide bonds. The summed E-state index contributed by atoms with van der Waals surface area (Å²) in [5, 5.41) is 4.10. The Morgan fingerprint density at radius 1 is 1.21 bits per heavy atom. The third-order valence-electron chi connectivity index (χ3n) is 1.94. The lowest BCUT2D eigenvalue weighted by atomic mass is 10.2. The van der Waals surface area contributed by atoms with E-state index in [1.165, 1.54) is 0 Å². The molecule has 0 aliphatic carbocycles. The van der Waals surface area contributed by atoms with Gasteiger partial charge in [0.25, 0.3) is 0 Å². The fourth-order valence-electron chi connectivity index (χ4n) is 1.17. The van der Waals surface area contributed by atoms with E-state index in [1.807, 2.05) is 12.3 Å². The van der Waals surface area contributed by atoms with Gasteiger partial charge in [-0.1, -0.05) is 13.8 Å². The summed E-state index contributed by atoms with van der Waals surface area (Å²) < 4.78 is 1.74. The van der Waals surface area contributed by atoms with E-state index in [1.54, 1.807) is 23.3 Å². The first-order valence-electron chi connectivity index (χ1n) is 4.59. The molecule has 2 rings (SSSR count). The Labute approximate surface area is 82.6 Å². The average Bonchev–Trinajstić information content (AvgIpc) is 2.71. The van der Waals surface area contributed by atoms with E-state index in [0.29, 0.717) is 5.92 Å². The topological polar surface area (TPSA) is 43.6 Å². The highest BCUT2D eigenvalue weighted by Gasteiger charge is 2.02. The molecule has 0 fully saturated rings. The van der Waals surface area contributed by atoms with Crippen molar-refractivity contribution in [3.8, 4) is 5.69 Å². The molecule has 0 saturated carbocycles. The van der Waals surface area contributed by atoms with Crippen molar-refractivity contribution in [1.29, 1.82) is 0 Å². The van der Waals surface area contributed by atoms with Crippen LogP contribution in [0.5, 0.6) is 0 Å². The van der Waals surface area contributed by atoms with Gasteiger partial charge < -0.3 is 0 Å². The summed E-state index contributed by atoms with van der Waals surface area (Å²) in [6.45, 7) is 4.14. The number of hydrogen-bond acceptors (Lipinski definition) is 3. The highest BCUT2D eigenvalue weighted by molar-refractivity contribution is 5.23. The van der Waals surface area contributed by atoms with Crippen LogP contribution in [0.3, 0.4) is 0 Å². The lowest BCUT2D eigenvalue weighted by Gasteiger charge is -2.04. The molecular weight excluding hydrogens is 176 g/mol. The predicted octanol–water partition coefficient (Wildman–Crippen LogP) is 1.79. The van der Waals surface area contributed by atoms with Crippen molar-refractivity contribution in [3.05, 3.63) is 36.7 Å². The molecule has 0 spiro atoms. The fraction of sp³-hybridized carbons (Fsp3) is 0.300. The molecule has 0 radical (unpaired) electrons. The number of rotatable bonds is 2. The molecule has 2 aromatic heterocycles. The first-order valence-corrected chi connectivity index (χ1v) is 4.59. The summed E-state index contributed by atoms with van der Waals surface area (Å²) >= 11 is 0. The summed E-state index contributed by atoms with van der Waals surface area (Å²) in [5.74, 6) is 1.22. The minimum absolute atomic E-state index is 0.363. The van der Waals surface area contributed by atoms with Gasteiger partial charge in [0.15, 0.2) is 0 Å². The van der Waals surface area contributed by atoms with E-state index in [9.17, 15) is 0 Å². The monoisotopic (exact) mass is 188 g/mol. The van der Waals surface area contributed by atoms with E-state index in [0.717, 1.165) is 11.5 Å². The third kappa shape index (κ3) is 1.64. The lowest BCUT2D eigenvalue weighted by molar-refractivity contribution is 0.761. The molecule has 4 nitrogen and oxygen atoms in total. The minimum atomic E-state index is 0.363. The maximum atomic E-state index is 4.26. The Morgan fingerprint density at radius 3 is 2.43 bits per heavy atom. The zero-order valence-corrected chi connectivity index (χ0v) is 8.25. The summed E-state index contributed by atoms with van der Waals surface area (Å²) in [7, 11) is 0. The zero-order chi connectivity index (χ0) is 9.97. The minimum Gasteiger partial charge on any atom is -0.239 e. The summed E-state index contributed by atoms with van der Waals surface area (Å²) in [6, 6.07) is 1.87. The Morgan fingerprint density at radius 2 is 1.93 bits per heavy atom. The van der Waals surface area contributed by atoms with E-state index in [-0.39, 0.29) is 0 Å². The van der Waals surface area contributed by atoms with Crippen LogP contribution < -0.4 is 0 Å². The first kappa shape index (κ1) is 8.87. The molecule has 2 heterocycles. The number of hydrogen-bond donors (Lipinski definition) is 0. The van der Waals surface area contributed by atoms with Gasteiger partial charge in [-0.25, -0.2) is 14.6 Å². The van der Waals surface area contributed by atoms with Gasteiger partial charge in [-0.05, 0) is 6.07 Å². The standard InChI is InChI=1S/C10H12N4/c1-8(2)10-11-6-9(7-12-10)14-5-3-4-13-14/h3-8H,1-2H3. The largest absolute Gasteiger partial charge is 0.239 e. The van der Waals surface area contributed by atoms with Gasteiger partial charge in [0, 0.05) is 18.3 Å². The molecule has 0 aliphatic heterocycles. The van der Waals surface area contributed by atoms with Crippen LogP contribution in [0.2, 0.25) is 0 Å². The first-order chi connectivity index (χ1) is 6.77. The second-order valence-electron chi connectivity index (χ2n) is 3.40. The highest BCUT2D eigenvalue weighted by atomic mass is 15.3. The van der Waals surface area contributed by atoms with Gasteiger partial charge in [-0.2, -0.15) is 5.10 Å². The van der Waals surface area contributed by atoms with E-state index in [2.05, 4.69) is 28.9 Å². The maximum Gasteiger partial charge on any atom is 0.130 e. The van der Waals surface area contributed by atoms with Crippen LogP contribution in [-0.2, 0) is 0 Å². The molecule has 0 aromatic carbocycles. The second kappa shape index (κ2) is 3.57. The molecule has 0 bridgehead atoms. The molecular formula is C10H12N4. The Hall–Kier alpha value is -1.71. The van der Waals surface area contributed by atoms with Crippen molar-refractivity contribution >= 4 is 0 Å². The predicted molar refractivity (Wildman–Crippen MR) is 53.2 cm³/mol. The maximum absolute atomic E-state index is 4.26. The second-order valence-corrected chi connectivity index (χ2v) is 3.40. The molecule has 72 valence electrons. The van der Waals surface area contributed by atoms with Crippen molar-refractivity contribution < 1.29 is 0 Å². The van der Waals surface area contributed by atoms with Crippen LogP contribution in [0, 0.1) is 0 Å². The van der Waals surface area contributed by atoms with Gasteiger partial charge in [0.05, 0.1) is 12.4 Å². The van der Waals surface area contributed by atoms with Crippen LogP contribution in [0.4, 0.5) is 0 Å². The summed E-state index contributed by atoms with van der Waals surface area (Å²) in [4.78, 5) is 8.52. The van der Waals surface area contributed by atoms with Crippen LogP contribution in [0.15, 0.2) is 30.9 Å².